The molecule has 108 valence electrons. The van der Waals surface area contributed by atoms with Crippen LogP contribution in [-0.4, -0.2) is 36.4 Å². The Balaban J connectivity index is 2.54. The van der Waals surface area contributed by atoms with Gasteiger partial charge in [-0.2, -0.15) is 0 Å². The Hall–Kier alpha value is -1.86. The Morgan fingerprint density at radius 2 is 1.90 bits per heavy atom. The van der Waals surface area contributed by atoms with E-state index >= 15 is 0 Å². The lowest BCUT2D eigenvalue weighted by Gasteiger charge is -2.14. The molecule has 0 fully saturated rings. The predicted octanol–water partition coefficient (Wildman–Crippen LogP) is 1.32. The van der Waals surface area contributed by atoms with Crippen molar-refractivity contribution < 1.29 is 8.42 Å². The molecule has 0 radical (unpaired) electrons. The van der Waals surface area contributed by atoms with Gasteiger partial charge in [0.15, 0.2) is 0 Å². The zero-order valence-corrected chi connectivity index (χ0v) is 12.8. The fraction of sp³-hybridized carbons (Fsp3) is 0.308. The molecule has 2 aromatic rings. The number of sulfonamides is 1. The van der Waals surface area contributed by atoms with Gasteiger partial charge in [0.1, 0.15) is 0 Å². The molecule has 1 aromatic carbocycles. The molecule has 0 aliphatic carbocycles. The smallest absolute Gasteiger partial charge is 0.242 e. The van der Waals surface area contributed by atoms with Gasteiger partial charge in [-0.15, -0.1) is 0 Å². The summed E-state index contributed by atoms with van der Waals surface area (Å²) in [7, 11) is -0.497. The van der Waals surface area contributed by atoms with Crippen molar-refractivity contribution in [1.29, 1.82) is 0 Å². The number of benzene rings is 1. The molecule has 1 heterocycles. The Bertz CT molecular complexity index is 748. The van der Waals surface area contributed by atoms with Crippen molar-refractivity contribution >= 4 is 15.7 Å². The number of nitrogens with zero attached hydrogens (tertiary/aromatic N) is 3. The van der Waals surface area contributed by atoms with Gasteiger partial charge in [-0.1, -0.05) is 0 Å². The SMILES string of the molecule is Cc1ncn(-c2ccc(S(=O)(=O)N(C)C)cc2N)c1C. The van der Waals surface area contributed by atoms with Gasteiger partial charge in [0, 0.05) is 19.8 Å². The average Bonchev–Trinajstić information content (AvgIpc) is 2.70. The molecule has 2 N–H and O–H groups in total. The van der Waals surface area contributed by atoms with Gasteiger partial charge in [0.2, 0.25) is 10.0 Å². The summed E-state index contributed by atoms with van der Waals surface area (Å²) in [6.45, 7) is 3.85. The van der Waals surface area contributed by atoms with Crippen LogP contribution in [0.2, 0.25) is 0 Å². The number of anilines is 1. The molecule has 2 rings (SSSR count). The molecule has 0 bridgehead atoms. The van der Waals surface area contributed by atoms with Crippen LogP contribution >= 0.6 is 0 Å². The van der Waals surface area contributed by atoms with Crippen LogP contribution in [0.1, 0.15) is 11.4 Å². The summed E-state index contributed by atoms with van der Waals surface area (Å²) >= 11 is 0. The maximum Gasteiger partial charge on any atom is 0.242 e. The number of imidazole rings is 1. The molecular formula is C13H18N4O2S. The van der Waals surface area contributed by atoms with Crippen LogP contribution in [0.5, 0.6) is 0 Å². The third-order valence-electron chi connectivity index (χ3n) is 3.29. The number of hydrogen-bond acceptors (Lipinski definition) is 4. The van der Waals surface area contributed by atoms with Gasteiger partial charge >= 0.3 is 0 Å². The van der Waals surface area contributed by atoms with E-state index in [-0.39, 0.29) is 4.90 Å². The van der Waals surface area contributed by atoms with Crippen molar-refractivity contribution in [2.75, 3.05) is 19.8 Å². The standard InChI is InChI=1S/C13H18N4O2S/c1-9-10(2)17(8-15-9)13-6-5-11(7-12(13)14)20(18,19)16(3)4/h5-8H,14H2,1-4H3. The second-order valence-corrected chi connectivity index (χ2v) is 6.95. The number of rotatable bonds is 3. The summed E-state index contributed by atoms with van der Waals surface area (Å²) in [5.41, 5.74) is 9.00. The summed E-state index contributed by atoms with van der Waals surface area (Å²) in [6.07, 6.45) is 1.68. The lowest BCUT2D eigenvalue weighted by atomic mass is 10.2. The van der Waals surface area contributed by atoms with Crippen LogP contribution in [0.25, 0.3) is 5.69 Å². The van der Waals surface area contributed by atoms with Crippen LogP contribution in [0.4, 0.5) is 5.69 Å². The fourth-order valence-corrected chi connectivity index (χ4v) is 2.80. The van der Waals surface area contributed by atoms with Crippen LogP contribution in [0, 0.1) is 13.8 Å². The van der Waals surface area contributed by atoms with Gasteiger partial charge in [-0.05, 0) is 32.0 Å². The van der Waals surface area contributed by atoms with E-state index in [2.05, 4.69) is 4.98 Å². The summed E-state index contributed by atoms with van der Waals surface area (Å²) < 4.78 is 27.1. The van der Waals surface area contributed by atoms with Crippen LogP contribution in [-0.2, 0) is 10.0 Å². The maximum atomic E-state index is 12.1. The molecule has 0 amide bonds. The highest BCUT2D eigenvalue weighted by Crippen LogP contribution is 2.24. The van der Waals surface area contributed by atoms with Crippen LogP contribution < -0.4 is 5.73 Å². The number of aryl methyl sites for hydroxylation is 1. The van der Waals surface area contributed by atoms with Gasteiger partial charge in [-0.25, -0.2) is 17.7 Å². The van der Waals surface area contributed by atoms with E-state index in [0.29, 0.717) is 5.69 Å². The Labute approximate surface area is 118 Å². The summed E-state index contributed by atoms with van der Waals surface area (Å²) in [6, 6.07) is 4.72. The molecule has 0 saturated heterocycles. The topological polar surface area (TPSA) is 81.2 Å². The second-order valence-electron chi connectivity index (χ2n) is 4.79. The van der Waals surface area contributed by atoms with E-state index in [1.807, 2.05) is 18.4 Å². The molecule has 0 saturated carbocycles. The van der Waals surface area contributed by atoms with Gasteiger partial charge in [-0.3, -0.25) is 0 Å². The third kappa shape index (κ3) is 2.30. The Morgan fingerprint density at radius 3 is 2.35 bits per heavy atom. The number of nitrogen functional groups attached to an aromatic ring is 1. The normalized spacial score (nSPS) is 12.1. The van der Waals surface area contributed by atoms with Crippen molar-refractivity contribution in [3.8, 4) is 5.69 Å². The minimum absolute atomic E-state index is 0.179. The largest absolute Gasteiger partial charge is 0.397 e. The number of nitrogens with two attached hydrogens (primary N) is 1. The van der Waals surface area contributed by atoms with Crippen molar-refractivity contribution in [3.63, 3.8) is 0 Å². The fourth-order valence-electron chi connectivity index (χ4n) is 1.86. The number of hydrogen-bond donors (Lipinski definition) is 1. The van der Waals surface area contributed by atoms with Crippen molar-refractivity contribution in [1.82, 2.24) is 13.9 Å². The third-order valence-corrected chi connectivity index (χ3v) is 5.10. The average molecular weight is 294 g/mol. The molecule has 6 nitrogen and oxygen atoms in total. The van der Waals surface area contributed by atoms with E-state index in [1.165, 1.54) is 20.2 Å². The van der Waals surface area contributed by atoms with Crippen molar-refractivity contribution in [2.45, 2.75) is 18.7 Å². The van der Waals surface area contributed by atoms with Gasteiger partial charge < -0.3 is 10.3 Å². The summed E-state index contributed by atoms with van der Waals surface area (Å²) in [4.78, 5) is 4.39. The zero-order chi connectivity index (χ0) is 15.1. The molecule has 1 aromatic heterocycles. The molecule has 7 heteroatoms. The molecule has 0 unspecified atom stereocenters. The summed E-state index contributed by atoms with van der Waals surface area (Å²) in [5, 5.41) is 0. The van der Waals surface area contributed by atoms with Crippen LogP contribution in [0.15, 0.2) is 29.4 Å². The molecule has 0 atom stereocenters. The van der Waals surface area contributed by atoms with Crippen LogP contribution in [0.3, 0.4) is 0 Å². The van der Waals surface area contributed by atoms with E-state index < -0.39 is 10.0 Å². The first-order chi connectivity index (χ1) is 9.25. The summed E-state index contributed by atoms with van der Waals surface area (Å²) in [5.74, 6) is 0. The quantitative estimate of drug-likeness (QED) is 0.866. The minimum Gasteiger partial charge on any atom is -0.397 e. The van der Waals surface area contributed by atoms with Crippen molar-refractivity contribution in [2.24, 2.45) is 0 Å². The second kappa shape index (κ2) is 4.92. The molecule has 0 spiro atoms. The van der Waals surface area contributed by atoms with Crippen molar-refractivity contribution in [3.05, 3.63) is 35.9 Å². The van der Waals surface area contributed by atoms with E-state index in [9.17, 15) is 8.42 Å². The van der Waals surface area contributed by atoms with Gasteiger partial charge in [0.05, 0.1) is 28.3 Å². The highest BCUT2D eigenvalue weighted by Gasteiger charge is 2.18. The first kappa shape index (κ1) is 14.5. The van der Waals surface area contributed by atoms with E-state index in [1.54, 1.807) is 18.5 Å². The zero-order valence-electron chi connectivity index (χ0n) is 12.0. The maximum absolute atomic E-state index is 12.1. The predicted molar refractivity (Wildman–Crippen MR) is 78.3 cm³/mol. The molecular weight excluding hydrogens is 276 g/mol. The molecule has 0 aliphatic rings. The first-order valence-corrected chi connectivity index (χ1v) is 7.52. The Kier molecular flexibility index (Phi) is 3.58. The molecule has 20 heavy (non-hydrogen) atoms. The lowest BCUT2D eigenvalue weighted by Crippen LogP contribution is -2.22. The highest BCUT2D eigenvalue weighted by molar-refractivity contribution is 7.89. The van der Waals surface area contributed by atoms with Gasteiger partial charge in [0.25, 0.3) is 0 Å². The minimum atomic E-state index is -3.47. The highest BCUT2D eigenvalue weighted by atomic mass is 32.2. The van der Waals surface area contributed by atoms with E-state index in [0.717, 1.165) is 21.4 Å². The monoisotopic (exact) mass is 294 g/mol. The number of aromatic nitrogens is 2. The molecule has 0 aliphatic heterocycles. The first-order valence-electron chi connectivity index (χ1n) is 6.08. The lowest BCUT2D eigenvalue weighted by molar-refractivity contribution is 0.521. The van der Waals surface area contributed by atoms with E-state index in [4.69, 9.17) is 5.73 Å². The Morgan fingerprint density at radius 1 is 1.25 bits per heavy atom.